The predicted molar refractivity (Wildman–Crippen MR) is 62.5 cm³/mol. The molecule has 1 unspecified atom stereocenters. The fourth-order valence-corrected chi connectivity index (χ4v) is 2.49. The molecule has 0 fully saturated rings. The maximum Gasteiger partial charge on any atom is 1.00 e. The molecule has 11 heteroatoms. The SMILES string of the molecule is O=S([O-])c1cc(O)c2c(O)cc(SOO[O-])cc2c1.[Na+].[Na+]. The molecule has 2 N–H and O–H groups in total. The van der Waals surface area contributed by atoms with E-state index in [-0.39, 0.29) is 86.3 Å². The second kappa shape index (κ2) is 9.71. The number of hydrogen-bond acceptors (Lipinski definition) is 8. The van der Waals surface area contributed by atoms with E-state index in [1.165, 1.54) is 18.2 Å². The van der Waals surface area contributed by atoms with Crippen LogP contribution in [0.4, 0.5) is 0 Å². The molecule has 2 aromatic carbocycles. The monoisotopic (exact) mass is 348 g/mol. The number of rotatable bonds is 4. The summed E-state index contributed by atoms with van der Waals surface area (Å²) in [6.07, 6.45) is 0. The Bertz CT molecular complexity index is 653. The number of phenolic OH excluding ortho intramolecular Hbond substituents is 2. The first kappa shape index (κ1) is 21.6. The van der Waals surface area contributed by atoms with Crippen molar-refractivity contribution >= 4 is 33.9 Å². The summed E-state index contributed by atoms with van der Waals surface area (Å²) in [6, 6.07) is 4.95. The van der Waals surface area contributed by atoms with Crippen LogP contribution in [-0.4, -0.2) is 19.0 Å². The Labute approximate surface area is 170 Å². The first-order valence-electron chi connectivity index (χ1n) is 4.75. The van der Waals surface area contributed by atoms with Gasteiger partial charge in [-0.15, -0.1) is 0 Å². The Morgan fingerprint density at radius 2 is 1.71 bits per heavy atom. The van der Waals surface area contributed by atoms with E-state index in [0.29, 0.717) is 16.9 Å². The van der Waals surface area contributed by atoms with Crippen LogP contribution in [0, 0.1) is 0 Å². The number of benzene rings is 2. The molecular weight excluding hydrogens is 342 g/mol. The molecule has 0 amide bonds. The van der Waals surface area contributed by atoms with E-state index in [1.54, 1.807) is 0 Å². The normalized spacial score (nSPS) is 11.5. The molecular formula is C10H6Na2O7S2. The average molecular weight is 348 g/mol. The molecule has 0 aliphatic heterocycles. The molecule has 0 heterocycles. The van der Waals surface area contributed by atoms with E-state index < -0.39 is 11.1 Å². The van der Waals surface area contributed by atoms with Gasteiger partial charge in [0, 0.05) is 9.79 Å². The van der Waals surface area contributed by atoms with E-state index in [0.717, 1.165) is 6.07 Å². The van der Waals surface area contributed by atoms with E-state index in [9.17, 15) is 24.2 Å². The third-order valence-electron chi connectivity index (χ3n) is 2.30. The molecule has 0 saturated carbocycles. The number of phenols is 2. The molecule has 0 radical (unpaired) electrons. The van der Waals surface area contributed by atoms with Gasteiger partial charge in [-0.2, -0.15) is 4.33 Å². The quantitative estimate of drug-likeness (QED) is 0.185. The minimum absolute atomic E-state index is 0. The second-order valence-electron chi connectivity index (χ2n) is 3.44. The van der Waals surface area contributed by atoms with Crippen LogP contribution in [0.5, 0.6) is 11.5 Å². The van der Waals surface area contributed by atoms with Crippen molar-refractivity contribution in [3.05, 3.63) is 24.3 Å². The molecule has 0 bridgehead atoms. The van der Waals surface area contributed by atoms with E-state index >= 15 is 0 Å². The van der Waals surface area contributed by atoms with Gasteiger partial charge in [0.2, 0.25) is 0 Å². The zero-order chi connectivity index (χ0) is 14.0. The molecule has 21 heavy (non-hydrogen) atoms. The van der Waals surface area contributed by atoms with Gasteiger partial charge < -0.3 is 20.0 Å². The molecule has 2 aromatic rings. The minimum Gasteiger partial charge on any atom is -0.768 e. The van der Waals surface area contributed by atoms with Crippen molar-refractivity contribution in [2.24, 2.45) is 0 Å². The van der Waals surface area contributed by atoms with Gasteiger partial charge in [-0.25, -0.2) is 0 Å². The second-order valence-corrected chi connectivity index (χ2v) is 5.15. The molecule has 0 spiro atoms. The smallest absolute Gasteiger partial charge is 0.768 e. The summed E-state index contributed by atoms with van der Waals surface area (Å²) in [5, 5.41) is 32.7. The van der Waals surface area contributed by atoms with E-state index in [2.05, 4.69) is 9.37 Å². The Balaban J connectivity index is 0.00000200. The summed E-state index contributed by atoms with van der Waals surface area (Å²) >= 11 is -1.98. The van der Waals surface area contributed by atoms with Gasteiger partial charge in [0.15, 0.2) is 0 Å². The van der Waals surface area contributed by atoms with Gasteiger partial charge in [-0.1, -0.05) is 0 Å². The molecule has 7 nitrogen and oxygen atoms in total. The van der Waals surface area contributed by atoms with Crippen LogP contribution in [0.1, 0.15) is 0 Å². The van der Waals surface area contributed by atoms with Crippen molar-refractivity contribution in [2.45, 2.75) is 9.79 Å². The van der Waals surface area contributed by atoms with Gasteiger partial charge in [-0.05, 0) is 40.7 Å². The molecule has 2 rings (SSSR count). The van der Waals surface area contributed by atoms with Crippen LogP contribution in [0.25, 0.3) is 10.8 Å². The maximum atomic E-state index is 10.9. The first-order chi connectivity index (χ1) is 9.02. The van der Waals surface area contributed by atoms with Crippen molar-refractivity contribution in [2.75, 3.05) is 0 Å². The van der Waals surface area contributed by atoms with Crippen LogP contribution in [0.2, 0.25) is 0 Å². The summed E-state index contributed by atoms with van der Waals surface area (Å²) < 4.78 is 25.8. The van der Waals surface area contributed by atoms with Crippen LogP contribution < -0.4 is 64.4 Å². The zero-order valence-corrected chi connectivity index (χ0v) is 16.7. The van der Waals surface area contributed by atoms with Crippen LogP contribution in [-0.2, 0) is 20.5 Å². The van der Waals surface area contributed by atoms with Gasteiger partial charge in [-0.3, -0.25) is 9.25 Å². The fraction of sp³-hybridized carbons (Fsp3) is 0. The van der Waals surface area contributed by atoms with Crippen molar-refractivity contribution in [1.82, 2.24) is 0 Å². The molecule has 0 aliphatic rings. The van der Waals surface area contributed by atoms with Crippen molar-refractivity contribution in [3.8, 4) is 11.5 Å². The maximum absolute atomic E-state index is 10.9. The van der Waals surface area contributed by atoms with Gasteiger partial charge >= 0.3 is 59.1 Å². The number of fused-ring (bicyclic) bond motifs is 1. The topological polar surface area (TPSA) is 122 Å². The van der Waals surface area contributed by atoms with Gasteiger partial charge in [0.25, 0.3) is 0 Å². The largest absolute Gasteiger partial charge is 1.00 e. The third kappa shape index (κ3) is 5.34. The summed E-state index contributed by atoms with van der Waals surface area (Å²) in [5.74, 6) is -0.651. The third-order valence-corrected chi connectivity index (χ3v) is 3.48. The Morgan fingerprint density at radius 3 is 2.29 bits per heavy atom. The standard InChI is InChI=1S/C10H8O7S2.2Na/c11-8-3-6(18-17-16-13)1-5-2-7(19(14)15)4-9(12)10(5)8;;/h1-4,11-13H,(H,14,15);;/q;2*+1/p-2. The molecule has 102 valence electrons. The van der Waals surface area contributed by atoms with Crippen molar-refractivity contribution in [1.29, 1.82) is 0 Å². The van der Waals surface area contributed by atoms with E-state index in [1.807, 2.05) is 0 Å². The molecule has 0 saturated heterocycles. The Morgan fingerprint density at radius 1 is 1.10 bits per heavy atom. The zero-order valence-electron chi connectivity index (χ0n) is 11.1. The minimum atomic E-state index is -2.52. The van der Waals surface area contributed by atoms with E-state index in [4.69, 9.17) is 0 Å². The Kier molecular flexibility index (Phi) is 10.0. The van der Waals surface area contributed by atoms with Crippen molar-refractivity contribution < 1.29 is 92.7 Å². The number of aromatic hydroxyl groups is 2. The molecule has 0 aliphatic carbocycles. The van der Waals surface area contributed by atoms with Crippen LogP contribution in [0.15, 0.2) is 34.1 Å². The fourth-order valence-electron chi connectivity index (χ4n) is 1.61. The van der Waals surface area contributed by atoms with Crippen molar-refractivity contribution in [3.63, 3.8) is 0 Å². The average Bonchev–Trinajstić information content (AvgIpc) is 2.35. The van der Waals surface area contributed by atoms with Gasteiger partial charge in [0.05, 0.1) is 17.4 Å². The summed E-state index contributed by atoms with van der Waals surface area (Å²) in [5.41, 5.74) is 0. The summed E-state index contributed by atoms with van der Waals surface area (Å²) in [6.45, 7) is 0. The van der Waals surface area contributed by atoms with Gasteiger partial charge in [0.1, 0.15) is 11.5 Å². The summed E-state index contributed by atoms with van der Waals surface area (Å²) in [4.78, 5) is 0.168. The Hall–Kier alpha value is 0.640. The van der Waals surface area contributed by atoms with Crippen LogP contribution in [0.3, 0.4) is 0 Å². The first-order valence-corrected chi connectivity index (χ1v) is 6.56. The van der Waals surface area contributed by atoms with Crippen LogP contribution >= 0.6 is 12.0 Å². The summed E-state index contributed by atoms with van der Waals surface area (Å²) in [7, 11) is 0. The molecule has 1 atom stereocenters. The predicted octanol–water partition coefficient (Wildman–Crippen LogP) is -5.27. The number of hydrogen-bond donors (Lipinski definition) is 2. The molecule has 0 aromatic heterocycles.